The lowest BCUT2D eigenvalue weighted by Crippen LogP contribution is -2.38. The molecule has 1 aromatic carbocycles. The van der Waals surface area contributed by atoms with Gasteiger partial charge in [0.25, 0.3) is 0 Å². The maximum absolute atomic E-state index is 5.99. The first-order valence-electron chi connectivity index (χ1n) is 7.27. The predicted molar refractivity (Wildman–Crippen MR) is 80.7 cm³/mol. The molecule has 1 N–H and O–H groups in total. The van der Waals surface area contributed by atoms with Crippen molar-refractivity contribution in [2.45, 2.75) is 32.4 Å². The number of likely N-dealkylation sites (N-methyl/N-ethyl adjacent to an activating group) is 1. The molecule has 3 nitrogen and oxygen atoms in total. The number of furan rings is 1. The molecule has 0 aliphatic rings. The van der Waals surface area contributed by atoms with E-state index in [1.54, 1.807) is 6.26 Å². The van der Waals surface area contributed by atoms with Crippen LogP contribution in [0, 0.1) is 0 Å². The lowest BCUT2D eigenvalue weighted by Gasteiger charge is -2.27. The number of hydrogen-bond donors (Lipinski definition) is 1. The van der Waals surface area contributed by atoms with Crippen molar-refractivity contribution in [3.63, 3.8) is 0 Å². The van der Waals surface area contributed by atoms with Crippen LogP contribution >= 0.6 is 0 Å². The Morgan fingerprint density at radius 1 is 1.10 bits per heavy atom. The molecule has 0 saturated carbocycles. The zero-order chi connectivity index (χ0) is 14.2. The van der Waals surface area contributed by atoms with E-state index in [2.05, 4.69) is 36.5 Å². The SMILES string of the molecule is CCNC(Cc1ccco1)C(OCC)c1ccccc1. The molecule has 3 heteroatoms. The summed E-state index contributed by atoms with van der Waals surface area (Å²) in [4.78, 5) is 0. The topological polar surface area (TPSA) is 34.4 Å². The van der Waals surface area contributed by atoms with E-state index in [1.165, 1.54) is 5.56 Å². The van der Waals surface area contributed by atoms with Crippen molar-refractivity contribution in [3.8, 4) is 0 Å². The van der Waals surface area contributed by atoms with E-state index in [9.17, 15) is 0 Å². The molecule has 2 atom stereocenters. The van der Waals surface area contributed by atoms with E-state index < -0.39 is 0 Å². The van der Waals surface area contributed by atoms with E-state index in [0.29, 0.717) is 6.61 Å². The quantitative estimate of drug-likeness (QED) is 0.798. The molecule has 2 aromatic rings. The second-order valence-electron chi connectivity index (χ2n) is 4.73. The number of rotatable bonds is 8. The summed E-state index contributed by atoms with van der Waals surface area (Å²) < 4.78 is 11.5. The maximum Gasteiger partial charge on any atom is 0.105 e. The van der Waals surface area contributed by atoms with Crippen molar-refractivity contribution in [2.75, 3.05) is 13.2 Å². The average molecular weight is 273 g/mol. The van der Waals surface area contributed by atoms with E-state index in [4.69, 9.17) is 9.15 Å². The van der Waals surface area contributed by atoms with E-state index in [0.717, 1.165) is 18.7 Å². The minimum atomic E-state index is 0.0336. The van der Waals surface area contributed by atoms with Gasteiger partial charge in [0.15, 0.2) is 0 Å². The number of nitrogens with one attached hydrogen (secondary N) is 1. The minimum absolute atomic E-state index is 0.0336. The van der Waals surface area contributed by atoms with Crippen LogP contribution in [0.25, 0.3) is 0 Å². The van der Waals surface area contributed by atoms with Crippen molar-refractivity contribution in [1.82, 2.24) is 5.32 Å². The summed E-state index contributed by atoms with van der Waals surface area (Å²) in [6.07, 6.45) is 2.57. The molecule has 2 unspecified atom stereocenters. The van der Waals surface area contributed by atoms with Crippen LogP contribution in [0.4, 0.5) is 0 Å². The van der Waals surface area contributed by atoms with Crippen LogP contribution < -0.4 is 5.32 Å². The Morgan fingerprint density at radius 3 is 2.50 bits per heavy atom. The van der Waals surface area contributed by atoms with Gasteiger partial charge in [0.05, 0.1) is 12.4 Å². The van der Waals surface area contributed by atoms with Gasteiger partial charge in [-0.2, -0.15) is 0 Å². The first-order chi connectivity index (χ1) is 9.85. The fourth-order valence-corrected chi connectivity index (χ4v) is 2.46. The van der Waals surface area contributed by atoms with Crippen LogP contribution in [0.3, 0.4) is 0 Å². The highest BCUT2D eigenvalue weighted by Gasteiger charge is 2.24. The normalized spacial score (nSPS) is 14.1. The minimum Gasteiger partial charge on any atom is -0.469 e. The van der Waals surface area contributed by atoms with Gasteiger partial charge in [0.2, 0.25) is 0 Å². The summed E-state index contributed by atoms with van der Waals surface area (Å²) in [6.45, 7) is 5.75. The van der Waals surface area contributed by atoms with Gasteiger partial charge in [-0.15, -0.1) is 0 Å². The van der Waals surface area contributed by atoms with Crippen molar-refractivity contribution in [2.24, 2.45) is 0 Å². The van der Waals surface area contributed by atoms with Crippen LogP contribution in [-0.2, 0) is 11.2 Å². The summed E-state index contributed by atoms with van der Waals surface area (Å²) >= 11 is 0. The second-order valence-corrected chi connectivity index (χ2v) is 4.73. The Balaban J connectivity index is 2.18. The molecule has 0 radical (unpaired) electrons. The molecular weight excluding hydrogens is 250 g/mol. The molecule has 108 valence electrons. The number of ether oxygens (including phenoxy) is 1. The highest BCUT2D eigenvalue weighted by atomic mass is 16.5. The molecule has 1 aromatic heterocycles. The molecule has 1 heterocycles. The molecule has 0 amide bonds. The summed E-state index contributed by atoms with van der Waals surface area (Å²) in [5.41, 5.74) is 1.20. The Bertz CT molecular complexity index is 467. The molecule has 0 aliphatic carbocycles. The van der Waals surface area contributed by atoms with E-state index >= 15 is 0 Å². The molecule has 20 heavy (non-hydrogen) atoms. The van der Waals surface area contributed by atoms with Crippen molar-refractivity contribution in [3.05, 3.63) is 60.1 Å². The van der Waals surface area contributed by atoms with E-state index in [-0.39, 0.29) is 12.1 Å². The first kappa shape index (κ1) is 14.8. The monoisotopic (exact) mass is 273 g/mol. The van der Waals surface area contributed by atoms with Crippen LogP contribution in [0.2, 0.25) is 0 Å². The van der Waals surface area contributed by atoms with Gasteiger partial charge in [0, 0.05) is 19.1 Å². The first-order valence-corrected chi connectivity index (χ1v) is 7.27. The van der Waals surface area contributed by atoms with Gasteiger partial charge >= 0.3 is 0 Å². The molecule has 2 rings (SSSR count). The highest BCUT2D eigenvalue weighted by molar-refractivity contribution is 5.20. The number of benzene rings is 1. The lowest BCUT2D eigenvalue weighted by atomic mass is 9.98. The molecule has 0 fully saturated rings. The van der Waals surface area contributed by atoms with E-state index in [1.807, 2.05) is 25.1 Å². The third-order valence-corrected chi connectivity index (χ3v) is 3.31. The van der Waals surface area contributed by atoms with Crippen molar-refractivity contribution < 1.29 is 9.15 Å². The Labute approximate surface area is 121 Å². The molecule has 0 bridgehead atoms. The smallest absolute Gasteiger partial charge is 0.105 e. The Morgan fingerprint density at radius 2 is 1.90 bits per heavy atom. The summed E-state index contributed by atoms with van der Waals surface area (Å²) in [6, 6.07) is 14.5. The van der Waals surface area contributed by atoms with Crippen molar-refractivity contribution >= 4 is 0 Å². The largest absolute Gasteiger partial charge is 0.469 e. The maximum atomic E-state index is 5.99. The Hall–Kier alpha value is -1.58. The summed E-state index contributed by atoms with van der Waals surface area (Å²) in [7, 11) is 0. The lowest BCUT2D eigenvalue weighted by molar-refractivity contribution is 0.0323. The fraction of sp³-hybridized carbons (Fsp3) is 0.412. The van der Waals surface area contributed by atoms with Gasteiger partial charge in [-0.05, 0) is 31.2 Å². The fourth-order valence-electron chi connectivity index (χ4n) is 2.46. The van der Waals surface area contributed by atoms with Crippen LogP contribution in [0.5, 0.6) is 0 Å². The number of hydrogen-bond acceptors (Lipinski definition) is 3. The Kier molecular flexibility index (Phi) is 5.84. The van der Waals surface area contributed by atoms with Gasteiger partial charge in [0.1, 0.15) is 5.76 Å². The van der Waals surface area contributed by atoms with Gasteiger partial charge in [-0.1, -0.05) is 37.3 Å². The molecule has 0 saturated heterocycles. The third kappa shape index (κ3) is 3.95. The van der Waals surface area contributed by atoms with Crippen LogP contribution in [-0.4, -0.2) is 19.2 Å². The zero-order valence-corrected chi connectivity index (χ0v) is 12.2. The molecule has 0 aliphatic heterocycles. The highest BCUT2D eigenvalue weighted by Crippen LogP contribution is 2.24. The molecular formula is C17H23NO2. The summed E-state index contributed by atoms with van der Waals surface area (Å²) in [5.74, 6) is 0.983. The third-order valence-electron chi connectivity index (χ3n) is 3.31. The average Bonchev–Trinajstić information content (AvgIpc) is 2.98. The predicted octanol–water partition coefficient (Wildman–Crippen LogP) is 3.58. The molecule has 0 spiro atoms. The van der Waals surface area contributed by atoms with Crippen LogP contribution in [0.1, 0.15) is 31.3 Å². The second kappa shape index (κ2) is 7.88. The van der Waals surface area contributed by atoms with Gasteiger partial charge in [-0.3, -0.25) is 0 Å². The zero-order valence-electron chi connectivity index (χ0n) is 12.2. The summed E-state index contributed by atoms with van der Waals surface area (Å²) in [5, 5.41) is 3.52. The van der Waals surface area contributed by atoms with Crippen molar-refractivity contribution in [1.29, 1.82) is 0 Å². The van der Waals surface area contributed by atoms with Crippen LogP contribution in [0.15, 0.2) is 53.1 Å². The standard InChI is InChI=1S/C17H23NO2/c1-3-18-16(13-15-11-8-12-20-15)17(19-4-2)14-9-6-5-7-10-14/h5-12,16-18H,3-4,13H2,1-2H3. The van der Waals surface area contributed by atoms with Gasteiger partial charge in [-0.25, -0.2) is 0 Å². The van der Waals surface area contributed by atoms with Gasteiger partial charge < -0.3 is 14.5 Å².